The molecular weight excluding hydrogens is 718 g/mol. The third-order valence-corrected chi connectivity index (χ3v) is 12.0. The van der Waals surface area contributed by atoms with Gasteiger partial charge in [-0.3, -0.25) is 28.9 Å². The maximum Gasteiger partial charge on any atom is 0.307 e. The van der Waals surface area contributed by atoms with Crippen molar-refractivity contribution in [2.24, 2.45) is 35.5 Å². The summed E-state index contributed by atoms with van der Waals surface area (Å²) in [6.07, 6.45) is -0.681. The van der Waals surface area contributed by atoms with Crippen molar-refractivity contribution in [2.75, 3.05) is 49.0 Å². The van der Waals surface area contributed by atoms with Crippen LogP contribution in [0.2, 0.25) is 0 Å². The van der Waals surface area contributed by atoms with Gasteiger partial charge in [0.05, 0.1) is 48.8 Å². The molecule has 0 aromatic heterocycles. The highest BCUT2D eigenvalue weighted by Crippen LogP contribution is 2.33. The third kappa shape index (κ3) is 12.8. The number of rotatable bonds is 24. The topological polar surface area (TPSA) is 163 Å². The number of carboxylic acids is 1. The number of Topliss-reactive ketones (excluding diaryl/α,β-unsaturated/α-hetero) is 2. The number of benzene rings is 1. The number of ketones is 2. The zero-order valence-corrected chi connectivity index (χ0v) is 36.2. The normalized spacial score (nSPS) is 20.3. The molecule has 2 N–H and O–H groups in total. The first kappa shape index (κ1) is 48.8. The Hall–Kier alpha value is -3.39. The molecule has 0 saturated carbocycles. The fourth-order valence-corrected chi connectivity index (χ4v) is 8.55. The van der Waals surface area contributed by atoms with E-state index < -0.39 is 48.0 Å². The number of carboxylic acid groups (broad SMARTS) is 1. The van der Waals surface area contributed by atoms with Gasteiger partial charge in [-0.15, -0.1) is 0 Å². The largest absolute Gasteiger partial charge is 0.508 e. The number of carbonyl (C=O) groups excluding carboxylic acids is 4. The molecule has 1 saturated heterocycles. The second-order valence-electron chi connectivity index (χ2n) is 16.7. The number of likely N-dealkylation sites (N-methyl/N-ethyl adjacent to an activating group) is 2. The predicted octanol–water partition coefficient (Wildman–Crippen LogP) is 4.96. The highest BCUT2D eigenvalue weighted by molar-refractivity contribution is 5.90. The molecule has 318 valence electrons. The van der Waals surface area contributed by atoms with E-state index in [2.05, 4.69) is 0 Å². The Morgan fingerprint density at radius 1 is 0.857 bits per heavy atom. The molecule has 1 heterocycles. The van der Waals surface area contributed by atoms with E-state index in [-0.39, 0.29) is 91.3 Å². The molecule has 0 unspecified atom stereocenters. The quantitative estimate of drug-likeness (QED) is 0.146. The number of likely N-dealkylation sites (tertiary alicyclic amines) is 1. The number of phenolic OH excluding ortho intramolecular Hbond substituents is 1. The van der Waals surface area contributed by atoms with Crippen LogP contribution < -0.4 is 0 Å². The van der Waals surface area contributed by atoms with Crippen LogP contribution in [0.25, 0.3) is 0 Å². The average molecular weight is 790 g/mol. The molecular formula is C43H71N3O10. The van der Waals surface area contributed by atoms with Crippen molar-refractivity contribution in [1.82, 2.24) is 14.7 Å². The monoisotopic (exact) mass is 790 g/mol. The first-order valence-corrected chi connectivity index (χ1v) is 20.1. The second-order valence-corrected chi connectivity index (χ2v) is 16.7. The highest BCUT2D eigenvalue weighted by atomic mass is 16.5. The van der Waals surface area contributed by atoms with Crippen molar-refractivity contribution in [2.45, 2.75) is 123 Å². The lowest BCUT2D eigenvalue weighted by Crippen LogP contribution is -2.54. The van der Waals surface area contributed by atoms with Crippen LogP contribution in [0.15, 0.2) is 24.3 Å². The fourth-order valence-electron chi connectivity index (χ4n) is 8.55. The Labute approximate surface area is 335 Å². The first-order valence-electron chi connectivity index (χ1n) is 20.1. The molecule has 0 aliphatic carbocycles. The van der Waals surface area contributed by atoms with Crippen LogP contribution in [0.4, 0.5) is 0 Å². The first-order chi connectivity index (χ1) is 26.2. The standard InChI is InChI=1S/C43H71N3O10/c1-14-27(6)40(45(10)42(51)33(25(2)3)22-36(49)39(26(4)5)44(8)9)37(55-12)23-38(50)46-24-32(54-11)21-34(46)41(56-13)28(7)35(48)20-30(43(52)53)19-29-15-17-31(47)18-16-29/h15-18,25-28,30,32-34,37,39-41,47H,14,19-24H2,1-13H3,(H,52,53)/t27-,28-,30+,32+,33-,34-,37+,39-,40-,41+/m0/s1. The Morgan fingerprint density at radius 2 is 1.46 bits per heavy atom. The predicted molar refractivity (Wildman–Crippen MR) is 215 cm³/mol. The van der Waals surface area contributed by atoms with Crippen molar-refractivity contribution >= 4 is 29.4 Å². The molecule has 56 heavy (non-hydrogen) atoms. The van der Waals surface area contributed by atoms with E-state index in [1.807, 2.05) is 60.5 Å². The number of methoxy groups -OCH3 is 3. The lowest BCUT2D eigenvalue weighted by atomic mass is 9.83. The summed E-state index contributed by atoms with van der Waals surface area (Å²) in [5, 5.41) is 19.6. The van der Waals surface area contributed by atoms with Gasteiger partial charge in [0.25, 0.3) is 0 Å². The van der Waals surface area contributed by atoms with Crippen LogP contribution in [-0.2, 0) is 44.6 Å². The lowest BCUT2D eigenvalue weighted by Gasteiger charge is -2.41. The van der Waals surface area contributed by atoms with Crippen LogP contribution in [0, 0.1) is 35.5 Å². The van der Waals surface area contributed by atoms with Gasteiger partial charge in [0.2, 0.25) is 11.8 Å². The van der Waals surface area contributed by atoms with Gasteiger partial charge >= 0.3 is 5.97 Å². The van der Waals surface area contributed by atoms with Crippen LogP contribution >= 0.6 is 0 Å². The summed E-state index contributed by atoms with van der Waals surface area (Å²) in [5.41, 5.74) is 0.683. The third-order valence-electron chi connectivity index (χ3n) is 12.0. The molecule has 1 fully saturated rings. The molecule has 13 heteroatoms. The summed E-state index contributed by atoms with van der Waals surface area (Å²) in [5.74, 6) is -4.08. The molecule has 2 amide bonds. The summed E-state index contributed by atoms with van der Waals surface area (Å²) in [6.45, 7) is 13.9. The molecule has 13 nitrogen and oxygen atoms in total. The molecule has 0 bridgehead atoms. The number of carbonyl (C=O) groups is 5. The summed E-state index contributed by atoms with van der Waals surface area (Å²) in [6, 6.07) is 4.89. The maximum absolute atomic E-state index is 14.4. The molecule has 0 spiro atoms. The van der Waals surface area contributed by atoms with Crippen LogP contribution in [-0.4, -0.2) is 140 Å². The van der Waals surface area contributed by atoms with Crippen molar-refractivity contribution in [3.05, 3.63) is 29.8 Å². The van der Waals surface area contributed by atoms with Gasteiger partial charge in [0.1, 0.15) is 11.5 Å². The molecule has 1 aliphatic rings. The lowest BCUT2D eigenvalue weighted by molar-refractivity contribution is -0.149. The van der Waals surface area contributed by atoms with Crippen LogP contribution in [0.5, 0.6) is 5.75 Å². The fraction of sp³-hybridized carbons (Fsp3) is 0.744. The number of nitrogens with zero attached hydrogens (tertiary/aromatic N) is 3. The zero-order chi connectivity index (χ0) is 42.6. The van der Waals surface area contributed by atoms with Gasteiger partial charge in [-0.1, -0.05) is 67.0 Å². The van der Waals surface area contributed by atoms with Gasteiger partial charge < -0.3 is 34.2 Å². The molecule has 1 aromatic carbocycles. The second kappa shape index (κ2) is 22.5. The minimum absolute atomic E-state index is 0.0213. The van der Waals surface area contributed by atoms with Gasteiger partial charge in [0, 0.05) is 59.6 Å². The van der Waals surface area contributed by atoms with E-state index in [1.54, 1.807) is 43.0 Å². The van der Waals surface area contributed by atoms with Crippen LogP contribution in [0.3, 0.4) is 0 Å². The van der Waals surface area contributed by atoms with Gasteiger partial charge in [-0.2, -0.15) is 0 Å². The smallest absolute Gasteiger partial charge is 0.307 e. The zero-order valence-electron chi connectivity index (χ0n) is 36.2. The van der Waals surface area contributed by atoms with E-state index in [0.29, 0.717) is 18.4 Å². The number of hydrogen-bond acceptors (Lipinski definition) is 10. The van der Waals surface area contributed by atoms with E-state index in [4.69, 9.17) is 14.2 Å². The summed E-state index contributed by atoms with van der Waals surface area (Å²) >= 11 is 0. The SMILES string of the molecule is CC[C@H](C)[C@@H]([C@@H](CC(=O)N1C[C@H](OC)C[C@H]1[C@H](OC)[C@@H](C)C(=O)C[C@@H](Cc1ccc(O)cc1)C(=O)O)OC)N(C)C(=O)[C@@H](CC(=O)[C@H](C(C)C)N(C)C)C(C)C. The summed E-state index contributed by atoms with van der Waals surface area (Å²) in [7, 11) is 10.1. The Kier molecular flexibility index (Phi) is 19.6. The van der Waals surface area contributed by atoms with Gasteiger partial charge in [0.15, 0.2) is 5.78 Å². The highest BCUT2D eigenvalue weighted by Gasteiger charge is 2.46. The average Bonchev–Trinajstić information content (AvgIpc) is 3.57. The van der Waals surface area contributed by atoms with Gasteiger partial charge in [-0.25, -0.2) is 0 Å². The Balaban J connectivity index is 2.35. The molecule has 0 radical (unpaired) electrons. The number of amides is 2. The van der Waals surface area contributed by atoms with E-state index in [1.165, 1.54) is 26.4 Å². The summed E-state index contributed by atoms with van der Waals surface area (Å²) < 4.78 is 17.7. The maximum atomic E-state index is 14.4. The number of hydrogen-bond donors (Lipinski definition) is 2. The molecule has 1 aliphatic heterocycles. The summed E-state index contributed by atoms with van der Waals surface area (Å²) in [4.78, 5) is 73.5. The van der Waals surface area contributed by atoms with Crippen molar-refractivity contribution in [3.8, 4) is 5.75 Å². The molecule has 1 aromatic rings. The van der Waals surface area contributed by atoms with Gasteiger partial charge in [-0.05, 0) is 62.4 Å². The van der Waals surface area contributed by atoms with Crippen molar-refractivity contribution in [3.63, 3.8) is 0 Å². The Morgan fingerprint density at radius 3 is 1.93 bits per heavy atom. The van der Waals surface area contributed by atoms with Crippen LogP contribution in [0.1, 0.15) is 86.1 Å². The van der Waals surface area contributed by atoms with E-state index in [0.717, 1.165) is 0 Å². The number of aliphatic carboxylic acids is 1. The Bertz CT molecular complexity index is 1430. The minimum atomic E-state index is -1.10. The number of phenols is 1. The number of ether oxygens (including phenoxy) is 3. The molecule has 10 atom stereocenters. The molecule has 2 rings (SSSR count). The number of aromatic hydroxyl groups is 1. The van der Waals surface area contributed by atoms with E-state index >= 15 is 0 Å². The van der Waals surface area contributed by atoms with Crippen molar-refractivity contribution in [1.29, 1.82) is 0 Å². The van der Waals surface area contributed by atoms with Crippen molar-refractivity contribution < 1.29 is 48.4 Å². The van der Waals surface area contributed by atoms with E-state index in [9.17, 15) is 34.2 Å². The minimum Gasteiger partial charge on any atom is -0.508 e.